The van der Waals surface area contributed by atoms with E-state index in [1.54, 1.807) is 41.5 Å². The molecule has 2 saturated carbocycles. The van der Waals surface area contributed by atoms with Crippen molar-refractivity contribution >= 4 is 24.1 Å². The van der Waals surface area contributed by atoms with Gasteiger partial charge in [-0.05, 0) is 79.1 Å². The first kappa shape index (κ1) is 28.9. The van der Waals surface area contributed by atoms with Gasteiger partial charge in [-0.1, -0.05) is 38.5 Å². The highest BCUT2D eigenvalue weighted by atomic mass is 16.6. The van der Waals surface area contributed by atoms with E-state index >= 15 is 0 Å². The van der Waals surface area contributed by atoms with Crippen LogP contribution < -0.4 is 10.6 Å². The third kappa shape index (κ3) is 10.4. The predicted molar refractivity (Wildman–Crippen MR) is 131 cm³/mol. The molecule has 9 nitrogen and oxygen atoms in total. The van der Waals surface area contributed by atoms with Crippen molar-refractivity contribution in [2.75, 3.05) is 0 Å². The zero-order chi connectivity index (χ0) is 26.2. The Kier molecular flexibility index (Phi) is 10.4. The summed E-state index contributed by atoms with van der Waals surface area (Å²) in [5, 5.41) is 5.28. The number of alkyl carbamates (subject to hydrolysis) is 2. The molecule has 0 unspecified atom stereocenters. The summed E-state index contributed by atoms with van der Waals surface area (Å²) in [4.78, 5) is 51.3. The third-order valence-corrected chi connectivity index (χ3v) is 6.30. The maximum absolute atomic E-state index is 13.2. The van der Waals surface area contributed by atoms with Crippen LogP contribution in [-0.4, -0.2) is 47.4 Å². The molecule has 2 aliphatic rings. The molecule has 200 valence electrons. The van der Waals surface area contributed by atoms with E-state index in [0.29, 0.717) is 0 Å². The molecule has 9 heteroatoms. The first-order chi connectivity index (χ1) is 16.2. The summed E-state index contributed by atoms with van der Waals surface area (Å²) < 4.78 is 16.0. The maximum Gasteiger partial charge on any atom is 0.408 e. The second-order valence-electron chi connectivity index (χ2n) is 11.8. The molecule has 2 atom stereocenters. The minimum Gasteiger partial charge on any atom is -0.444 e. The quantitative estimate of drug-likeness (QED) is 0.301. The SMILES string of the molecule is CC(C)(C)OC(=O)N[C@H](C(=O)OC(=O)[C@@H](NC(=O)OC(C)(C)C)C1CCCCC1)C1CCCCC1. The highest BCUT2D eigenvalue weighted by molar-refractivity contribution is 5.93. The molecule has 0 aromatic heterocycles. The Morgan fingerprint density at radius 3 is 1.20 bits per heavy atom. The lowest BCUT2D eigenvalue weighted by molar-refractivity contribution is -0.165. The number of rotatable bonds is 6. The van der Waals surface area contributed by atoms with E-state index in [-0.39, 0.29) is 11.8 Å². The van der Waals surface area contributed by atoms with Crippen LogP contribution in [0.4, 0.5) is 9.59 Å². The van der Waals surface area contributed by atoms with Gasteiger partial charge < -0.3 is 24.8 Å². The number of amides is 2. The van der Waals surface area contributed by atoms with Crippen LogP contribution in [0.1, 0.15) is 106 Å². The molecule has 0 radical (unpaired) electrons. The molecule has 2 rings (SSSR count). The average molecular weight is 497 g/mol. The molecule has 0 aromatic carbocycles. The number of hydrogen-bond acceptors (Lipinski definition) is 7. The molecule has 0 heterocycles. The van der Waals surface area contributed by atoms with Crippen LogP contribution in [-0.2, 0) is 23.8 Å². The minimum atomic E-state index is -0.998. The van der Waals surface area contributed by atoms with Crippen molar-refractivity contribution in [3.63, 3.8) is 0 Å². The zero-order valence-electron chi connectivity index (χ0n) is 22.2. The fraction of sp³-hybridized carbons (Fsp3) is 0.846. The van der Waals surface area contributed by atoms with Crippen molar-refractivity contribution in [3.8, 4) is 0 Å². The molecular weight excluding hydrogens is 452 g/mol. The first-order valence-corrected chi connectivity index (χ1v) is 13.0. The number of carbonyl (C=O) groups is 4. The second kappa shape index (κ2) is 12.6. The Bertz CT molecular complexity index is 680. The highest BCUT2D eigenvalue weighted by Gasteiger charge is 2.39. The molecule has 2 fully saturated rings. The van der Waals surface area contributed by atoms with Gasteiger partial charge in [0.05, 0.1) is 0 Å². The lowest BCUT2D eigenvalue weighted by Crippen LogP contribution is -2.53. The van der Waals surface area contributed by atoms with Crippen LogP contribution in [0.2, 0.25) is 0 Å². The number of nitrogens with one attached hydrogen (secondary N) is 2. The molecule has 0 saturated heterocycles. The molecule has 0 aliphatic heterocycles. The van der Waals surface area contributed by atoms with Crippen LogP contribution in [0.15, 0.2) is 0 Å². The van der Waals surface area contributed by atoms with Crippen LogP contribution in [0.5, 0.6) is 0 Å². The summed E-state index contributed by atoms with van der Waals surface area (Å²) in [6.45, 7) is 10.4. The van der Waals surface area contributed by atoms with Crippen molar-refractivity contribution < 1.29 is 33.4 Å². The Balaban J connectivity index is 2.15. The highest BCUT2D eigenvalue weighted by Crippen LogP contribution is 2.29. The Morgan fingerprint density at radius 1 is 0.600 bits per heavy atom. The van der Waals surface area contributed by atoms with Gasteiger partial charge in [0.1, 0.15) is 23.3 Å². The second-order valence-corrected chi connectivity index (χ2v) is 11.8. The first-order valence-electron chi connectivity index (χ1n) is 13.0. The number of ether oxygens (including phenoxy) is 3. The van der Waals surface area contributed by atoms with Crippen LogP contribution in [0.25, 0.3) is 0 Å². The monoisotopic (exact) mass is 496 g/mol. The fourth-order valence-electron chi connectivity index (χ4n) is 4.77. The van der Waals surface area contributed by atoms with Gasteiger partial charge in [0.2, 0.25) is 0 Å². The summed E-state index contributed by atoms with van der Waals surface area (Å²) in [6, 6.07) is -2.00. The Labute approximate surface area is 209 Å². The van der Waals surface area contributed by atoms with Gasteiger partial charge in [-0.15, -0.1) is 0 Å². The van der Waals surface area contributed by atoms with Gasteiger partial charge in [0.15, 0.2) is 0 Å². The predicted octanol–water partition coefficient (Wildman–Crippen LogP) is 5.00. The van der Waals surface area contributed by atoms with Gasteiger partial charge in [-0.3, -0.25) is 0 Å². The minimum absolute atomic E-state index is 0.150. The molecule has 0 aromatic rings. The van der Waals surface area contributed by atoms with Crippen LogP contribution in [0, 0.1) is 11.8 Å². The molecular formula is C26H44N2O7. The van der Waals surface area contributed by atoms with E-state index in [2.05, 4.69) is 10.6 Å². The van der Waals surface area contributed by atoms with Crippen molar-refractivity contribution in [3.05, 3.63) is 0 Å². The largest absolute Gasteiger partial charge is 0.444 e. The van der Waals surface area contributed by atoms with E-state index in [1.807, 2.05) is 0 Å². The molecule has 35 heavy (non-hydrogen) atoms. The topological polar surface area (TPSA) is 120 Å². The smallest absolute Gasteiger partial charge is 0.408 e. The zero-order valence-corrected chi connectivity index (χ0v) is 22.2. The maximum atomic E-state index is 13.2. The summed E-state index contributed by atoms with van der Waals surface area (Å²) in [6.07, 6.45) is 7.37. The summed E-state index contributed by atoms with van der Waals surface area (Å²) >= 11 is 0. The van der Waals surface area contributed by atoms with Crippen molar-refractivity contribution in [1.82, 2.24) is 10.6 Å². The van der Waals surface area contributed by atoms with Gasteiger partial charge in [-0.25, -0.2) is 19.2 Å². The fourth-order valence-corrected chi connectivity index (χ4v) is 4.77. The van der Waals surface area contributed by atoms with Crippen LogP contribution in [0.3, 0.4) is 0 Å². The van der Waals surface area contributed by atoms with E-state index in [9.17, 15) is 19.2 Å². The lowest BCUT2D eigenvalue weighted by atomic mass is 9.83. The van der Waals surface area contributed by atoms with E-state index in [0.717, 1.165) is 64.2 Å². The van der Waals surface area contributed by atoms with Gasteiger partial charge >= 0.3 is 24.1 Å². The Morgan fingerprint density at radius 2 is 0.914 bits per heavy atom. The molecule has 0 bridgehead atoms. The summed E-state index contributed by atoms with van der Waals surface area (Å²) in [5.74, 6) is -1.94. The standard InChI is InChI=1S/C26H44N2O7/c1-25(2,3)34-23(31)27-19(17-13-9-7-10-14-17)21(29)33-22(30)20(18-15-11-8-12-16-18)28-24(32)35-26(4,5)6/h17-20H,7-16H2,1-6H3,(H,27,31)(H,28,32)/t19-,20-/m0/s1. The lowest BCUT2D eigenvalue weighted by Gasteiger charge is -2.32. The molecule has 2 aliphatic carbocycles. The van der Waals surface area contributed by atoms with Crippen molar-refractivity contribution in [1.29, 1.82) is 0 Å². The van der Waals surface area contributed by atoms with E-state index in [4.69, 9.17) is 14.2 Å². The molecule has 2 amide bonds. The normalized spacial score (nSPS) is 19.7. The number of esters is 2. The number of carbonyl (C=O) groups excluding carboxylic acids is 4. The molecule has 2 N–H and O–H groups in total. The molecule has 0 spiro atoms. The van der Waals surface area contributed by atoms with Crippen molar-refractivity contribution in [2.45, 2.75) is 129 Å². The summed E-state index contributed by atoms with van der Waals surface area (Å²) in [7, 11) is 0. The third-order valence-electron chi connectivity index (χ3n) is 6.30. The number of hydrogen-bond donors (Lipinski definition) is 2. The van der Waals surface area contributed by atoms with Gasteiger partial charge in [0, 0.05) is 0 Å². The Hall–Kier alpha value is -2.32. The summed E-state index contributed by atoms with van der Waals surface area (Å²) in [5.41, 5.74) is -1.46. The van der Waals surface area contributed by atoms with Crippen molar-refractivity contribution in [2.24, 2.45) is 11.8 Å². The van der Waals surface area contributed by atoms with Crippen LogP contribution >= 0.6 is 0 Å². The van der Waals surface area contributed by atoms with E-state index in [1.165, 1.54) is 0 Å². The van der Waals surface area contributed by atoms with E-state index < -0.39 is 47.4 Å². The van der Waals surface area contributed by atoms with Gasteiger partial charge in [-0.2, -0.15) is 0 Å². The average Bonchev–Trinajstić information content (AvgIpc) is 2.74. The van der Waals surface area contributed by atoms with Gasteiger partial charge in [0.25, 0.3) is 0 Å².